The van der Waals surface area contributed by atoms with E-state index in [-0.39, 0.29) is 24.0 Å². The number of carbonyl (C=O) groups is 1. The maximum atomic E-state index is 12.9. The van der Waals surface area contributed by atoms with E-state index in [1.54, 1.807) is 12.1 Å². The van der Waals surface area contributed by atoms with Crippen LogP contribution in [0.4, 0.5) is 0 Å². The van der Waals surface area contributed by atoms with Gasteiger partial charge in [-0.1, -0.05) is 75.4 Å². The van der Waals surface area contributed by atoms with Crippen molar-refractivity contribution < 1.29 is 15.0 Å². The predicted molar refractivity (Wildman–Crippen MR) is 128 cm³/mol. The molecule has 0 saturated carbocycles. The monoisotopic (exact) mass is 438 g/mol. The Labute approximate surface area is 192 Å². The first-order chi connectivity index (χ1) is 15.3. The molecule has 5 nitrogen and oxygen atoms in total. The Kier molecular flexibility index (Phi) is 8.46. The number of hydrogen-bond acceptors (Lipinski definition) is 4. The van der Waals surface area contributed by atoms with E-state index in [2.05, 4.69) is 55.7 Å². The molecular weight excluding hydrogens is 400 g/mol. The van der Waals surface area contributed by atoms with Gasteiger partial charge in [-0.2, -0.15) is 0 Å². The third-order valence-electron chi connectivity index (χ3n) is 6.54. The Morgan fingerprint density at radius 2 is 1.81 bits per heavy atom. The number of rotatable bonds is 8. The van der Waals surface area contributed by atoms with Gasteiger partial charge in [0, 0.05) is 0 Å². The van der Waals surface area contributed by atoms with Gasteiger partial charge in [-0.3, -0.25) is 4.79 Å². The first kappa shape index (κ1) is 24.4. The zero-order valence-electron chi connectivity index (χ0n) is 19.6. The van der Waals surface area contributed by atoms with Crippen molar-refractivity contribution in [2.24, 2.45) is 5.92 Å². The topological polar surface area (TPSA) is 81.6 Å². The number of aryl methyl sites for hydroxylation is 1. The normalized spacial score (nSPS) is 21.0. The molecule has 3 rings (SSSR count). The average molecular weight is 439 g/mol. The van der Waals surface area contributed by atoms with Gasteiger partial charge in [-0.15, -0.1) is 0 Å². The number of benzene rings is 2. The molecule has 2 aromatic rings. The van der Waals surface area contributed by atoms with Crippen molar-refractivity contribution in [2.45, 2.75) is 70.1 Å². The summed E-state index contributed by atoms with van der Waals surface area (Å²) in [4.78, 5) is 12.9. The molecule has 174 valence electrons. The van der Waals surface area contributed by atoms with E-state index in [0.29, 0.717) is 11.5 Å². The van der Waals surface area contributed by atoms with Crippen LogP contribution in [0.5, 0.6) is 0 Å². The van der Waals surface area contributed by atoms with Crippen LogP contribution in [-0.4, -0.2) is 41.4 Å². The maximum Gasteiger partial charge on any atom is 0.237 e. The number of aliphatic hydroxyl groups is 2. The van der Waals surface area contributed by atoms with Gasteiger partial charge in [0.2, 0.25) is 5.91 Å². The van der Waals surface area contributed by atoms with Crippen LogP contribution in [0.2, 0.25) is 0 Å². The molecule has 0 unspecified atom stereocenters. The predicted octanol–water partition coefficient (Wildman–Crippen LogP) is 3.50. The summed E-state index contributed by atoms with van der Waals surface area (Å²) >= 11 is 0. The van der Waals surface area contributed by atoms with Crippen LogP contribution in [-0.2, 0) is 16.6 Å². The van der Waals surface area contributed by atoms with Crippen LogP contribution >= 0.6 is 0 Å². The second kappa shape index (κ2) is 11.1. The van der Waals surface area contributed by atoms with Gasteiger partial charge in [-0.25, -0.2) is 0 Å². The lowest BCUT2D eigenvalue weighted by Crippen LogP contribution is -2.53. The minimum atomic E-state index is -0.944. The van der Waals surface area contributed by atoms with Gasteiger partial charge in [0.05, 0.1) is 18.7 Å². The second-order valence-electron chi connectivity index (χ2n) is 10.0. The third-order valence-corrected chi connectivity index (χ3v) is 6.54. The number of amides is 1. The minimum Gasteiger partial charge on any atom is -0.394 e. The van der Waals surface area contributed by atoms with Gasteiger partial charge in [0.15, 0.2) is 0 Å². The number of carbonyl (C=O) groups excluding carboxylic acids is 1. The molecule has 32 heavy (non-hydrogen) atoms. The molecule has 1 heterocycles. The number of hydrogen-bond donors (Lipinski definition) is 4. The quantitative estimate of drug-likeness (QED) is 0.509. The van der Waals surface area contributed by atoms with E-state index >= 15 is 0 Å². The highest BCUT2D eigenvalue weighted by atomic mass is 16.3. The summed E-state index contributed by atoms with van der Waals surface area (Å²) in [5, 5.41) is 26.5. The highest BCUT2D eigenvalue weighted by molar-refractivity contribution is 5.82. The summed E-state index contributed by atoms with van der Waals surface area (Å²) < 4.78 is 0. The third kappa shape index (κ3) is 6.64. The standard InChI is InChI=1S/C27H38N2O3/c1-27(2,3)22-13-11-19(12-14-22)9-10-20-15-16-28-23(17-20)26(32)29-24(18-30)25(31)21-7-5-4-6-8-21/h4-8,11-14,20,23-25,28,30-31H,9-10,15-18H2,1-3H3,(H,29,32)/t20-,23+,24-,25+/m1/s1. The molecule has 5 heteroatoms. The summed E-state index contributed by atoms with van der Waals surface area (Å²) in [6.07, 6.45) is 2.94. The van der Waals surface area contributed by atoms with Crippen molar-refractivity contribution in [3.63, 3.8) is 0 Å². The van der Waals surface area contributed by atoms with E-state index in [4.69, 9.17) is 0 Å². The van der Waals surface area contributed by atoms with Crippen molar-refractivity contribution in [3.8, 4) is 0 Å². The van der Waals surface area contributed by atoms with Crippen LogP contribution in [0, 0.1) is 5.92 Å². The molecule has 4 N–H and O–H groups in total. The molecule has 0 radical (unpaired) electrons. The van der Waals surface area contributed by atoms with Crippen LogP contribution in [0.25, 0.3) is 0 Å². The Morgan fingerprint density at radius 1 is 1.12 bits per heavy atom. The van der Waals surface area contributed by atoms with E-state index in [0.717, 1.165) is 32.2 Å². The second-order valence-corrected chi connectivity index (χ2v) is 10.0. The van der Waals surface area contributed by atoms with Crippen LogP contribution in [0.1, 0.15) is 62.8 Å². The number of nitrogens with one attached hydrogen (secondary N) is 2. The molecule has 1 fully saturated rings. The molecule has 0 aromatic heterocycles. The molecule has 0 aliphatic carbocycles. The van der Waals surface area contributed by atoms with E-state index in [1.165, 1.54) is 11.1 Å². The van der Waals surface area contributed by atoms with Crippen LogP contribution < -0.4 is 10.6 Å². The van der Waals surface area contributed by atoms with E-state index in [9.17, 15) is 15.0 Å². The van der Waals surface area contributed by atoms with E-state index in [1.807, 2.05) is 18.2 Å². The molecule has 0 bridgehead atoms. The molecule has 2 aromatic carbocycles. The Hall–Kier alpha value is -2.21. The lowest BCUT2D eigenvalue weighted by Gasteiger charge is -2.31. The van der Waals surface area contributed by atoms with Crippen molar-refractivity contribution in [1.29, 1.82) is 0 Å². The Morgan fingerprint density at radius 3 is 2.44 bits per heavy atom. The lowest BCUT2D eigenvalue weighted by atomic mass is 9.85. The molecule has 1 aliphatic rings. The Bertz CT molecular complexity index is 845. The molecule has 4 atom stereocenters. The van der Waals surface area contributed by atoms with Gasteiger partial charge in [-0.05, 0) is 60.3 Å². The lowest BCUT2D eigenvalue weighted by molar-refractivity contribution is -0.126. The highest BCUT2D eigenvalue weighted by Crippen LogP contribution is 2.25. The van der Waals surface area contributed by atoms with Gasteiger partial charge in [0.1, 0.15) is 6.10 Å². The largest absolute Gasteiger partial charge is 0.394 e. The molecule has 1 aliphatic heterocycles. The molecular formula is C27H38N2O3. The highest BCUT2D eigenvalue weighted by Gasteiger charge is 2.30. The van der Waals surface area contributed by atoms with Crippen molar-refractivity contribution in [3.05, 3.63) is 71.3 Å². The Balaban J connectivity index is 1.51. The summed E-state index contributed by atoms with van der Waals surface area (Å²) in [7, 11) is 0. The van der Waals surface area contributed by atoms with Crippen LogP contribution in [0.15, 0.2) is 54.6 Å². The van der Waals surface area contributed by atoms with Gasteiger partial charge < -0.3 is 20.8 Å². The average Bonchev–Trinajstić information content (AvgIpc) is 2.81. The smallest absolute Gasteiger partial charge is 0.237 e. The molecule has 0 spiro atoms. The molecule has 1 saturated heterocycles. The minimum absolute atomic E-state index is 0.154. The number of aliphatic hydroxyl groups excluding tert-OH is 2. The summed E-state index contributed by atoms with van der Waals surface area (Å²) in [6.45, 7) is 7.16. The van der Waals surface area contributed by atoms with E-state index < -0.39 is 12.1 Å². The first-order valence-corrected chi connectivity index (χ1v) is 11.7. The molecule has 1 amide bonds. The fourth-order valence-electron chi connectivity index (χ4n) is 4.39. The van der Waals surface area contributed by atoms with Crippen molar-refractivity contribution in [2.75, 3.05) is 13.2 Å². The SMILES string of the molecule is CC(C)(C)c1ccc(CC[C@@H]2CCN[C@H](C(=O)N[C@H](CO)[C@@H](O)c3ccccc3)C2)cc1. The van der Waals surface area contributed by atoms with Crippen molar-refractivity contribution in [1.82, 2.24) is 10.6 Å². The fraction of sp³-hybridized carbons (Fsp3) is 0.519. The summed E-state index contributed by atoms with van der Waals surface area (Å²) in [5.74, 6) is 0.319. The summed E-state index contributed by atoms with van der Waals surface area (Å²) in [5.41, 5.74) is 3.52. The van der Waals surface area contributed by atoms with Gasteiger partial charge in [0.25, 0.3) is 0 Å². The fourth-order valence-corrected chi connectivity index (χ4v) is 4.39. The van der Waals surface area contributed by atoms with Crippen molar-refractivity contribution >= 4 is 5.91 Å². The number of piperidine rings is 1. The summed E-state index contributed by atoms with van der Waals surface area (Å²) in [6, 6.07) is 17.0. The van der Waals surface area contributed by atoms with Gasteiger partial charge >= 0.3 is 0 Å². The first-order valence-electron chi connectivity index (χ1n) is 11.7. The zero-order valence-corrected chi connectivity index (χ0v) is 19.6. The van der Waals surface area contributed by atoms with Crippen LogP contribution in [0.3, 0.4) is 0 Å². The zero-order chi connectivity index (χ0) is 23.1. The maximum absolute atomic E-state index is 12.9.